The van der Waals surface area contributed by atoms with Crippen molar-refractivity contribution in [1.29, 1.82) is 0 Å². The molecule has 0 bridgehead atoms. The molecule has 1 saturated heterocycles. The van der Waals surface area contributed by atoms with E-state index in [0.717, 1.165) is 35.7 Å². The van der Waals surface area contributed by atoms with E-state index in [0.29, 0.717) is 11.6 Å². The maximum Gasteiger partial charge on any atom is 0.274 e. The van der Waals surface area contributed by atoms with Gasteiger partial charge in [0.2, 0.25) is 0 Å². The maximum atomic E-state index is 12.8. The number of amides is 1. The normalized spacial score (nSPS) is 14.6. The third-order valence-electron chi connectivity index (χ3n) is 4.73. The van der Waals surface area contributed by atoms with Crippen molar-refractivity contribution >= 4 is 17.4 Å². The largest absolute Gasteiger partial charge is 0.357 e. The van der Waals surface area contributed by atoms with E-state index in [1.807, 2.05) is 19.1 Å². The van der Waals surface area contributed by atoms with Crippen LogP contribution in [0.15, 0.2) is 30.6 Å². The quantitative estimate of drug-likeness (QED) is 0.910. The molecule has 1 aromatic carbocycles. The second kappa shape index (κ2) is 7.64. The van der Waals surface area contributed by atoms with E-state index >= 15 is 0 Å². The van der Waals surface area contributed by atoms with E-state index in [-0.39, 0.29) is 5.91 Å². The van der Waals surface area contributed by atoms with Gasteiger partial charge in [0.15, 0.2) is 0 Å². The number of aryl methyl sites for hydroxylation is 1. The zero-order chi connectivity index (χ0) is 17.8. The zero-order valence-electron chi connectivity index (χ0n) is 15.2. The Labute approximate surface area is 149 Å². The third-order valence-corrected chi connectivity index (χ3v) is 4.73. The van der Waals surface area contributed by atoms with Gasteiger partial charge in [-0.1, -0.05) is 32.0 Å². The second-order valence-electron chi connectivity index (χ2n) is 6.96. The lowest BCUT2D eigenvalue weighted by molar-refractivity contribution is 0.102. The molecule has 0 spiro atoms. The molecule has 2 aromatic rings. The number of carbonyl (C=O) groups excluding carboxylic acids is 1. The lowest BCUT2D eigenvalue weighted by Gasteiger charge is -2.27. The molecule has 2 heterocycles. The molecule has 132 valence electrons. The Bertz CT molecular complexity index is 751. The molecule has 0 saturated carbocycles. The van der Waals surface area contributed by atoms with Crippen molar-refractivity contribution in [2.75, 3.05) is 23.3 Å². The van der Waals surface area contributed by atoms with Crippen molar-refractivity contribution in [1.82, 2.24) is 9.97 Å². The first-order valence-electron chi connectivity index (χ1n) is 9.04. The monoisotopic (exact) mass is 338 g/mol. The van der Waals surface area contributed by atoms with E-state index in [2.05, 4.69) is 40.1 Å². The van der Waals surface area contributed by atoms with Crippen LogP contribution in [-0.4, -0.2) is 29.0 Å². The first-order chi connectivity index (χ1) is 12.1. The second-order valence-corrected chi connectivity index (χ2v) is 6.96. The van der Waals surface area contributed by atoms with Crippen LogP contribution in [0.2, 0.25) is 0 Å². The average Bonchev–Trinajstić information content (AvgIpc) is 2.64. The Hall–Kier alpha value is -2.43. The number of benzene rings is 1. The third kappa shape index (κ3) is 3.98. The number of nitrogens with zero attached hydrogens (tertiary/aromatic N) is 3. The highest BCUT2D eigenvalue weighted by Gasteiger charge is 2.17. The van der Waals surface area contributed by atoms with Crippen LogP contribution in [-0.2, 0) is 0 Å². The van der Waals surface area contributed by atoms with E-state index in [1.54, 1.807) is 6.07 Å². The van der Waals surface area contributed by atoms with Crippen molar-refractivity contribution in [3.63, 3.8) is 0 Å². The molecular weight excluding hydrogens is 312 g/mol. The SMILES string of the molecule is Cc1cccc(C(C)C)c1NC(=O)c1cc(N2CCCCC2)ncn1. The van der Waals surface area contributed by atoms with E-state index in [4.69, 9.17) is 0 Å². The number of para-hydroxylation sites is 1. The summed E-state index contributed by atoms with van der Waals surface area (Å²) in [6, 6.07) is 7.90. The van der Waals surface area contributed by atoms with Crippen LogP contribution >= 0.6 is 0 Å². The summed E-state index contributed by atoms with van der Waals surface area (Å²) in [4.78, 5) is 23.5. The van der Waals surface area contributed by atoms with Crippen molar-refractivity contribution in [2.24, 2.45) is 0 Å². The van der Waals surface area contributed by atoms with Gasteiger partial charge in [0.25, 0.3) is 5.91 Å². The molecule has 1 aliphatic heterocycles. The smallest absolute Gasteiger partial charge is 0.274 e. The first kappa shape index (κ1) is 17.4. The lowest BCUT2D eigenvalue weighted by atomic mass is 9.98. The van der Waals surface area contributed by atoms with Gasteiger partial charge >= 0.3 is 0 Å². The van der Waals surface area contributed by atoms with E-state index < -0.39 is 0 Å². The Morgan fingerprint density at radius 3 is 2.64 bits per heavy atom. The molecule has 0 atom stereocenters. The van der Waals surface area contributed by atoms with Gasteiger partial charge < -0.3 is 10.2 Å². The number of nitrogens with one attached hydrogen (secondary N) is 1. The summed E-state index contributed by atoms with van der Waals surface area (Å²) in [6.07, 6.45) is 5.10. The standard InChI is InChI=1S/C20H26N4O/c1-14(2)16-9-7-8-15(3)19(16)23-20(25)17-12-18(22-13-21-17)24-10-5-4-6-11-24/h7-9,12-14H,4-6,10-11H2,1-3H3,(H,23,25). The summed E-state index contributed by atoms with van der Waals surface area (Å²) < 4.78 is 0. The van der Waals surface area contributed by atoms with Gasteiger partial charge in [-0.2, -0.15) is 0 Å². The fraction of sp³-hybridized carbons (Fsp3) is 0.450. The molecule has 1 amide bonds. The molecule has 1 N–H and O–H groups in total. The van der Waals surface area contributed by atoms with Gasteiger partial charge in [0.05, 0.1) is 0 Å². The molecule has 1 fully saturated rings. The minimum Gasteiger partial charge on any atom is -0.357 e. The maximum absolute atomic E-state index is 12.8. The van der Waals surface area contributed by atoms with Gasteiger partial charge in [-0.3, -0.25) is 4.79 Å². The van der Waals surface area contributed by atoms with Gasteiger partial charge in [-0.15, -0.1) is 0 Å². The summed E-state index contributed by atoms with van der Waals surface area (Å²) in [5.74, 6) is 0.995. The van der Waals surface area contributed by atoms with Gasteiger partial charge in [-0.25, -0.2) is 9.97 Å². The molecular formula is C20H26N4O. The molecule has 1 aromatic heterocycles. The number of aromatic nitrogens is 2. The number of piperidine rings is 1. The summed E-state index contributed by atoms with van der Waals surface area (Å²) in [6.45, 7) is 8.26. The highest BCUT2D eigenvalue weighted by Crippen LogP contribution is 2.28. The average molecular weight is 338 g/mol. The highest BCUT2D eigenvalue weighted by molar-refractivity contribution is 6.04. The predicted molar refractivity (Wildman–Crippen MR) is 101 cm³/mol. The van der Waals surface area contributed by atoms with Crippen LogP contribution in [0.3, 0.4) is 0 Å². The highest BCUT2D eigenvalue weighted by atomic mass is 16.1. The number of carbonyl (C=O) groups is 1. The molecule has 1 aliphatic rings. The molecule has 5 nitrogen and oxygen atoms in total. The molecule has 0 aliphatic carbocycles. The molecule has 25 heavy (non-hydrogen) atoms. The topological polar surface area (TPSA) is 58.1 Å². The molecule has 0 unspecified atom stereocenters. The zero-order valence-corrected chi connectivity index (χ0v) is 15.2. The minimum atomic E-state index is -0.183. The molecule has 0 radical (unpaired) electrons. The van der Waals surface area contributed by atoms with Crippen LogP contribution in [0.5, 0.6) is 0 Å². The molecule has 5 heteroatoms. The minimum absolute atomic E-state index is 0.183. The summed E-state index contributed by atoms with van der Waals surface area (Å²) in [7, 11) is 0. The Morgan fingerprint density at radius 2 is 1.92 bits per heavy atom. The van der Waals surface area contributed by atoms with E-state index in [9.17, 15) is 4.79 Å². The van der Waals surface area contributed by atoms with Gasteiger partial charge in [-0.05, 0) is 43.2 Å². The fourth-order valence-electron chi connectivity index (χ4n) is 3.29. The lowest BCUT2D eigenvalue weighted by Crippen LogP contribution is -2.30. The van der Waals surface area contributed by atoms with Gasteiger partial charge in [0.1, 0.15) is 17.8 Å². The number of anilines is 2. The van der Waals surface area contributed by atoms with Crippen molar-refractivity contribution in [3.05, 3.63) is 47.4 Å². The molecule has 3 rings (SSSR count). The first-order valence-corrected chi connectivity index (χ1v) is 9.04. The summed E-state index contributed by atoms with van der Waals surface area (Å²) in [5, 5.41) is 3.06. The van der Waals surface area contributed by atoms with Crippen molar-refractivity contribution in [3.8, 4) is 0 Å². The summed E-state index contributed by atoms with van der Waals surface area (Å²) in [5.41, 5.74) is 3.50. The summed E-state index contributed by atoms with van der Waals surface area (Å²) >= 11 is 0. The van der Waals surface area contributed by atoms with Crippen LogP contribution in [0.4, 0.5) is 11.5 Å². The van der Waals surface area contributed by atoms with Gasteiger partial charge in [0, 0.05) is 24.8 Å². The van der Waals surface area contributed by atoms with E-state index in [1.165, 1.54) is 25.6 Å². The van der Waals surface area contributed by atoms with Crippen LogP contribution < -0.4 is 10.2 Å². The number of hydrogen-bond donors (Lipinski definition) is 1. The van der Waals surface area contributed by atoms with Crippen LogP contribution in [0.1, 0.15) is 60.6 Å². The van der Waals surface area contributed by atoms with Crippen LogP contribution in [0.25, 0.3) is 0 Å². The Morgan fingerprint density at radius 1 is 1.16 bits per heavy atom. The number of hydrogen-bond acceptors (Lipinski definition) is 4. The fourth-order valence-corrected chi connectivity index (χ4v) is 3.29. The number of rotatable bonds is 4. The van der Waals surface area contributed by atoms with Crippen molar-refractivity contribution in [2.45, 2.75) is 46.0 Å². The van der Waals surface area contributed by atoms with Crippen LogP contribution in [0, 0.1) is 6.92 Å². The van der Waals surface area contributed by atoms with Crippen molar-refractivity contribution < 1.29 is 4.79 Å². The Kier molecular flexibility index (Phi) is 5.31. The predicted octanol–water partition coefficient (Wildman–Crippen LogP) is 4.15. The Balaban J connectivity index is 1.82.